The zero-order valence-corrected chi connectivity index (χ0v) is 13.7. The Morgan fingerprint density at radius 1 is 1.33 bits per heavy atom. The molecule has 2 rings (SSSR count). The molecule has 1 unspecified atom stereocenters. The van der Waals surface area contributed by atoms with Gasteiger partial charge in [0.2, 0.25) is 0 Å². The molecule has 0 aliphatic carbocycles. The van der Waals surface area contributed by atoms with E-state index in [1.807, 2.05) is 39.1 Å². The highest BCUT2D eigenvalue weighted by atomic mass is 32.1. The molecule has 0 fully saturated rings. The Morgan fingerprint density at radius 2 is 2.00 bits per heavy atom. The van der Waals surface area contributed by atoms with E-state index in [0.717, 1.165) is 12.2 Å². The average Bonchev–Trinajstić information content (AvgIpc) is 2.90. The predicted molar refractivity (Wildman–Crippen MR) is 85.7 cm³/mol. The van der Waals surface area contributed by atoms with Crippen molar-refractivity contribution in [2.75, 3.05) is 0 Å². The summed E-state index contributed by atoms with van der Waals surface area (Å²) in [6, 6.07) is 4.18. The lowest BCUT2D eigenvalue weighted by atomic mass is 9.96. The summed E-state index contributed by atoms with van der Waals surface area (Å²) >= 11 is 1.70. The van der Waals surface area contributed by atoms with Gasteiger partial charge in [0.05, 0.1) is 5.56 Å². The van der Waals surface area contributed by atoms with Crippen LogP contribution in [-0.4, -0.2) is 21.9 Å². The van der Waals surface area contributed by atoms with Gasteiger partial charge < -0.3 is 5.32 Å². The molecule has 5 heteroatoms. The number of thiophene rings is 1. The van der Waals surface area contributed by atoms with Crippen LogP contribution in [0.2, 0.25) is 0 Å². The maximum absolute atomic E-state index is 12.2. The van der Waals surface area contributed by atoms with E-state index in [1.165, 1.54) is 4.88 Å². The predicted octanol–water partition coefficient (Wildman–Crippen LogP) is 3.20. The third kappa shape index (κ3) is 4.36. The van der Waals surface area contributed by atoms with Gasteiger partial charge in [-0.2, -0.15) is 0 Å². The van der Waals surface area contributed by atoms with Crippen molar-refractivity contribution in [3.05, 3.63) is 46.2 Å². The van der Waals surface area contributed by atoms with Crippen LogP contribution in [0.5, 0.6) is 0 Å². The summed E-state index contributed by atoms with van der Waals surface area (Å²) in [6.45, 7) is 8.14. The summed E-state index contributed by atoms with van der Waals surface area (Å²) < 4.78 is 0. The average molecular weight is 303 g/mol. The molecule has 21 heavy (non-hydrogen) atoms. The third-order valence-electron chi connectivity index (χ3n) is 3.05. The van der Waals surface area contributed by atoms with Crippen molar-refractivity contribution >= 4 is 17.2 Å². The first-order chi connectivity index (χ1) is 9.86. The van der Waals surface area contributed by atoms with E-state index >= 15 is 0 Å². The second-order valence-electron chi connectivity index (χ2n) is 6.20. The highest BCUT2D eigenvalue weighted by molar-refractivity contribution is 7.09. The van der Waals surface area contributed by atoms with E-state index in [1.54, 1.807) is 23.7 Å². The zero-order valence-electron chi connectivity index (χ0n) is 12.9. The Hall–Kier alpha value is -1.75. The van der Waals surface area contributed by atoms with Gasteiger partial charge in [-0.1, -0.05) is 26.8 Å². The summed E-state index contributed by atoms with van der Waals surface area (Å²) in [5.41, 5.74) is 0.391. The topological polar surface area (TPSA) is 54.9 Å². The molecule has 112 valence electrons. The van der Waals surface area contributed by atoms with Gasteiger partial charge in [-0.05, 0) is 18.4 Å². The number of amides is 1. The van der Waals surface area contributed by atoms with Gasteiger partial charge in [-0.3, -0.25) is 4.79 Å². The second kappa shape index (κ2) is 6.35. The Labute approximate surface area is 129 Å². The van der Waals surface area contributed by atoms with E-state index in [4.69, 9.17) is 0 Å². The summed E-state index contributed by atoms with van der Waals surface area (Å²) in [5, 5.41) is 5.02. The Bertz CT molecular complexity index is 585. The fraction of sp³-hybridized carbons (Fsp3) is 0.438. The number of nitrogens with zero attached hydrogens (tertiary/aromatic N) is 2. The molecule has 0 radical (unpaired) electrons. The van der Waals surface area contributed by atoms with Crippen LogP contribution in [0.3, 0.4) is 0 Å². The van der Waals surface area contributed by atoms with Crippen LogP contribution in [-0.2, 0) is 11.8 Å². The first-order valence-electron chi connectivity index (χ1n) is 7.02. The molecule has 0 aromatic carbocycles. The minimum atomic E-state index is -0.125. The molecule has 1 N–H and O–H groups in total. The standard InChI is InChI=1S/C16H21N3OS/c1-11(8-13-6-5-7-21-13)19-14(20)12-9-17-15(18-10-12)16(2,3)4/h5-7,9-11H,8H2,1-4H3,(H,19,20). The first kappa shape index (κ1) is 15.6. The van der Waals surface area contributed by atoms with Crippen molar-refractivity contribution in [3.63, 3.8) is 0 Å². The van der Waals surface area contributed by atoms with Gasteiger partial charge in [0, 0.05) is 35.1 Å². The molecule has 2 aromatic rings. The molecule has 1 atom stereocenters. The normalized spacial score (nSPS) is 13.0. The van der Waals surface area contributed by atoms with Gasteiger partial charge in [0.1, 0.15) is 5.82 Å². The van der Waals surface area contributed by atoms with Crippen LogP contribution < -0.4 is 5.32 Å². The molecular weight excluding hydrogens is 282 g/mol. The zero-order chi connectivity index (χ0) is 15.5. The van der Waals surface area contributed by atoms with Gasteiger partial charge in [0.15, 0.2) is 0 Å². The van der Waals surface area contributed by atoms with E-state index < -0.39 is 0 Å². The van der Waals surface area contributed by atoms with Crippen LogP contribution >= 0.6 is 11.3 Å². The number of rotatable bonds is 4. The fourth-order valence-electron chi connectivity index (χ4n) is 1.92. The molecule has 2 aromatic heterocycles. The molecule has 0 aliphatic rings. The highest BCUT2D eigenvalue weighted by Gasteiger charge is 2.18. The molecule has 4 nitrogen and oxygen atoms in total. The number of hydrogen-bond acceptors (Lipinski definition) is 4. The SMILES string of the molecule is CC(Cc1cccs1)NC(=O)c1cnc(C(C)(C)C)nc1. The molecule has 2 heterocycles. The summed E-state index contributed by atoms with van der Waals surface area (Å²) in [4.78, 5) is 22.0. The van der Waals surface area contributed by atoms with Crippen molar-refractivity contribution in [2.24, 2.45) is 0 Å². The second-order valence-corrected chi connectivity index (χ2v) is 7.24. The Balaban J connectivity index is 1.97. The maximum atomic E-state index is 12.2. The molecular formula is C16H21N3OS. The molecule has 0 spiro atoms. The minimum absolute atomic E-state index is 0.0819. The molecule has 0 saturated heterocycles. The molecule has 1 amide bonds. The number of hydrogen-bond donors (Lipinski definition) is 1. The smallest absolute Gasteiger partial charge is 0.254 e. The number of carbonyl (C=O) groups is 1. The quantitative estimate of drug-likeness (QED) is 0.943. The monoisotopic (exact) mass is 303 g/mol. The third-order valence-corrected chi connectivity index (χ3v) is 3.95. The number of aromatic nitrogens is 2. The molecule has 0 bridgehead atoms. The van der Waals surface area contributed by atoms with Crippen molar-refractivity contribution in [3.8, 4) is 0 Å². The highest BCUT2D eigenvalue weighted by Crippen LogP contribution is 2.17. The van der Waals surface area contributed by atoms with Gasteiger partial charge in [-0.15, -0.1) is 11.3 Å². The Kier molecular flexibility index (Phi) is 4.73. The van der Waals surface area contributed by atoms with E-state index in [2.05, 4.69) is 21.4 Å². The van der Waals surface area contributed by atoms with Crippen molar-refractivity contribution in [1.82, 2.24) is 15.3 Å². The van der Waals surface area contributed by atoms with Crippen molar-refractivity contribution in [1.29, 1.82) is 0 Å². The van der Waals surface area contributed by atoms with Gasteiger partial charge in [0.25, 0.3) is 5.91 Å². The minimum Gasteiger partial charge on any atom is -0.349 e. The summed E-state index contributed by atoms with van der Waals surface area (Å²) in [5.74, 6) is 0.616. The van der Waals surface area contributed by atoms with Crippen molar-refractivity contribution in [2.45, 2.75) is 45.6 Å². The summed E-state index contributed by atoms with van der Waals surface area (Å²) in [6.07, 6.45) is 4.03. The van der Waals surface area contributed by atoms with Gasteiger partial charge >= 0.3 is 0 Å². The van der Waals surface area contributed by atoms with Crippen LogP contribution in [0.4, 0.5) is 0 Å². The fourth-order valence-corrected chi connectivity index (χ4v) is 2.76. The molecule has 0 saturated carbocycles. The number of nitrogens with one attached hydrogen (secondary N) is 1. The van der Waals surface area contributed by atoms with Crippen LogP contribution in [0.1, 0.15) is 48.8 Å². The Morgan fingerprint density at radius 3 is 2.52 bits per heavy atom. The van der Waals surface area contributed by atoms with E-state index in [0.29, 0.717) is 5.56 Å². The molecule has 0 aliphatic heterocycles. The van der Waals surface area contributed by atoms with Crippen LogP contribution in [0.25, 0.3) is 0 Å². The number of carbonyl (C=O) groups excluding carboxylic acids is 1. The van der Waals surface area contributed by atoms with Crippen LogP contribution in [0.15, 0.2) is 29.9 Å². The van der Waals surface area contributed by atoms with E-state index in [9.17, 15) is 4.79 Å². The van der Waals surface area contributed by atoms with Crippen LogP contribution in [0, 0.1) is 0 Å². The first-order valence-corrected chi connectivity index (χ1v) is 7.90. The lowest BCUT2D eigenvalue weighted by Gasteiger charge is -2.16. The van der Waals surface area contributed by atoms with Crippen molar-refractivity contribution < 1.29 is 4.79 Å². The summed E-state index contributed by atoms with van der Waals surface area (Å²) in [7, 11) is 0. The van der Waals surface area contributed by atoms with Gasteiger partial charge in [-0.25, -0.2) is 9.97 Å². The largest absolute Gasteiger partial charge is 0.349 e. The maximum Gasteiger partial charge on any atom is 0.254 e. The lowest BCUT2D eigenvalue weighted by molar-refractivity contribution is 0.0939. The van der Waals surface area contributed by atoms with E-state index in [-0.39, 0.29) is 17.4 Å². The lowest BCUT2D eigenvalue weighted by Crippen LogP contribution is -2.34.